The van der Waals surface area contributed by atoms with Crippen molar-refractivity contribution in [2.45, 2.75) is 0 Å². The number of benzene rings is 1. The van der Waals surface area contributed by atoms with E-state index < -0.39 is 5.82 Å². The van der Waals surface area contributed by atoms with Crippen LogP contribution < -0.4 is 10.6 Å². The standard InChI is InChI=1S/C14H12FN5O/c1-16-13-11(15)6-18-14(20-13)19-10-4-2-3-9(5-10)12-7-17-8-21-12/h2-8H,1H3,(H2,16,18,19,20). The highest BCUT2D eigenvalue weighted by atomic mass is 19.1. The van der Waals surface area contributed by atoms with Crippen LogP contribution in [-0.4, -0.2) is 22.0 Å². The third-order valence-corrected chi connectivity index (χ3v) is 2.82. The molecule has 6 nitrogen and oxygen atoms in total. The van der Waals surface area contributed by atoms with E-state index in [2.05, 4.69) is 25.6 Å². The molecule has 1 aromatic carbocycles. The number of aromatic nitrogens is 3. The Morgan fingerprint density at radius 1 is 1.24 bits per heavy atom. The van der Waals surface area contributed by atoms with E-state index in [4.69, 9.17) is 4.42 Å². The summed E-state index contributed by atoms with van der Waals surface area (Å²) in [4.78, 5) is 11.8. The Morgan fingerprint density at radius 3 is 2.90 bits per heavy atom. The normalized spacial score (nSPS) is 10.4. The Kier molecular flexibility index (Phi) is 3.46. The molecular weight excluding hydrogens is 273 g/mol. The maximum atomic E-state index is 13.3. The first kappa shape index (κ1) is 13.0. The van der Waals surface area contributed by atoms with Gasteiger partial charge in [-0.1, -0.05) is 12.1 Å². The molecule has 0 spiro atoms. The summed E-state index contributed by atoms with van der Waals surface area (Å²) in [5.74, 6) is 0.599. The van der Waals surface area contributed by atoms with Crippen molar-refractivity contribution in [1.82, 2.24) is 15.0 Å². The minimum Gasteiger partial charge on any atom is -0.444 e. The Labute approximate surface area is 120 Å². The summed E-state index contributed by atoms with van der Waals surface area (Å²) in [7, 11) is 1.60. The Bertz CT molecular complexity index is 745. The second-order valence-electron chi connectivity index (χ2n) is 4.21. The molecule has 0 saturated carbocycles. The Hall–Kier alpha value is -2.96. The summed E-state index contributed by atoms with van der Waals surface area (Å²) in [5, 5.41) is 5.68. The zero-order valence-corrected chi connectivity index (χ0v) is 11.2. The van der Waals surface area contributed by atoms with Crippen molar-refractivity contribution in [1.29, 1.82) is 0 Å². The molecule has 0 radical (unpaired) electrons. The van der Waals surface area contributed by atoms with Gasteiger partial charge in [0.25, 0.3) is 0 Å². The van der Waals surface area contributed by atoms with Gasteiger partial charge in [-0.25, -0.2) is 14.4 Å². The first-order valence-corrected chi connectivity index (χ1v) is 6.22. The van der Waals surface area contributed by atoms with E-state index in [1.165, 1.54) is 6.39 Å². The topological polar surface area (TPSA) is 75.9 Å². The molecule has 0 aliphatic carbocycles. The van der Waals surface area contributed by atoms with Gasteiger partial charge in [0, 0.05) is 18.3 Å². The van der Waals surface area contributed by atoms with Crippen LogP contribution in [0.1, 0.15) is 0 Å². The molecule has 3 rings (SSSR count). The van der Waals surface area contributed by atoms with Gasteiger partial charge in [-0.05, 0) is 12.1 Å². The molecular formula is C14H12FN5O. The molecule has 7 heteroatoms. The molecule has 0 unspecified atom stereocenters. The van der Waals surface area contributed by atoms with Crippen LogP contribution in [0.15, 0.2) is 47.5 Å². The number of nitrogens with one attached hydrogen (secondary N) is 2. The quantitative estimate of drug-likeness (QED) is 0.767. The number of oxazole rings is 1. The minimum atomic E-state index is -0.501. The second kappa shape index (κ2) is 5.58. The summed E-state index contributed by atoms with van der Waals surface area (Å²) in [5.41, 5.74) is 1.63. The molecule has 21 heavy (non-hydrogen) atoms. The van der Waals surface area contributed by atoms with Crippen LogP contribution in [0.25, 0.3) is 11.3 Å². The molecule has 0 aliphatic rings. The van der Waals surface area contributed by atoms with Crippen molar-refractivity contribution in [3.8, 4) is 11.3 Å². The van der Waals surface area contributed by atoms with Gasteiger partial charge in [0.05, 0.1) is 12.4 Å². The van der Waals surface area contributed by atoms with Crippen LogP contribution in [-0.2, 0) is 0 Å². The van der Waals surface area contributed by atoms with E-state index in [0.717, 1.165) is 17.4 Å². The van der Waals surface area contributed by atoms with E-state index in [9.17, 15) is 4.39 Å². The monoisotopic (exact) mass is 285 g/mol. The molecule has 2 N–H and O–H groups in total. The first-order valence-electron chi connectivity index (χ1n) is 6.22. The maximum absolute atomic E-state index is 13.3. The van der Waals surface area contributed by atoms with E-state index in [1.54, 1.807) is 13.2 Å². The zero-order valence-electron chi connectivity index (χ0n) is 11.2. The first-order chi connectivity index (χ1) is 10.3. The van der Waals surface area contributed by atoms with E-state index in [1.807, 2.05) is 24.3 Å². The molecule has 106 valence electrons. The minimum absolute atomic E-state index is 0.138. The fourth-order valence-corrected chi connectivity index (χ4v) is 1.84. The lowest BCUT2D eigenvalue weighted by atomic mass is 10.1. The van der Waals surface area contributed by atoms with Gasteiger partial charge in [-0.15, -0.1) is 0 Å². The van der Waals surface area contributed by atoms with Crippen LogP contribution in [0.3, 0.4) is 0 Å². The molecule has 2 heterocycles. The fraction of sp³-hybridized carbons (Fsp3) is 0.0714. The lowest BCUT2D eigenvalue weighted by molar-refractivity contribution is 0.572. The van der Waals surface area contributed by atoms with Crippen LogP contribution >= 0.6 is 0 Å². The van der Waals surface area contributed by atoms with E-state index in [-0.39, 0.29) is 5.82 Å². The van der Waals surface area contributed by atoms with Gasteiger partial charge in [0.2, 0.25) is 5.95 Å². The highest BCUT2D eigenvalue weighted by Crippen LogP contribution is 2.23. The molecule has 0 amide bonds. The van der Waals surface area contributed by atoms with Crippen molar-refractivity contribution in [2.75, 3.05) is 17.7 Å². The highest BCUT2D eigenvalue weighted by molar-refractivity contribution is 5.65. The molecule has 2 aromatic heterocycles. The predicted octanol–water partition coefficient (Wildman–Crippen LogP) is 3.06. The molecule has 0 bridgehead atoms. The summed E-state index contributed by atoms with van der Waals surface area (Å²) >= 11 is 0. The Balaban J connectivity index is 1.87. The summed E-state index contributed by atoms with van der Waals surface area (Å²) in [6, 6.07) is 7.48. The smallest absolute Gasteiger partial charge is 0.229 e. The molecule has 0 saturated heterocycles. The van der Waals surface area contributed by atoms with Crippen molar-refractivity contribution in [2.24, 2.45) is 0 Å². The zero-order chi connectivity index (χ0) is 14.7. The average molecular weight is 285 g/mol. The van der Waals surface area contributed by atoms with Gasteiger partial charge >= 0.3 is 0 Å². The molecule has 3 aromatic rings. The second-order valence-corrected chi connectivity index (χ2v) is 4.21. The maximum Gasteiger partial charge on any atom is 0.229 e. The van der Waals surface area contributed by atoms with Crippen LogP contribution in [0, 0.1) is 5.82 Å². The van der Waals surface area contributed by atoms with Gasteiger partial charge in [0.15, 0.2) is 23.8 Å². The van der Waals surface area contributed by atoms with Crippen molar-refractivity contribution in [3.63, 3.8) is 0 Å². The largest absolute Gasteiger partial charge is 0.444 e. The SMILES string of the molecule is CNc1nc(Nc2cccc(-c3cnco3)c2)ncc1F. The molecule has 0 atom stereocenters. The van der Waals surface area contributed by atoms with Crippen LogP contribution in [0.5, 0.6) is 0 Å². The Morgan fingerprint density at radius 2 is 2.14 bits per heavy atom. The van der Waals surface area contributed by atoms with E-state index >= 15 is 0 Å². The highest BCUT2D eigenvalue weighted by Gasteiger charge is 2.07. The number of nitrogens with zero attached hydrogens (tertiary/aromatic N) is 3. The lowest BCUT2D eigenvalue weighted by Gasteiger charge is -2.07. The van der Waals surface area contributed by atoms with Crippen molar-refractivity contribution < 1.29 is 8.81 Å². The number of rotatable bonds is 4. The van der Waals surface area contributed by atoms with Crippen molar-refractivity contribution in [3.05, 3.63) is 48.9 Å². The fourth-order valence-electron chi connectivity index (χ4n) is 1.84. The lowest BCUT2D eigenvalue weighted by Crippen LogP contribution is -2.02. The number of hydrogen-bond acceptors (Lipinski definition) is 6. The van der Waals surface area contributed by atoms with Gasteiger partial charge in [-0.3, -0.25) is 0 Å². The average Bonchev–Trinajstić information content (AvgIpc) is 3.04. The third-order valence-electron chi connectivity index (χ3n) is 2.82. The number of halogens is 1. The summed E-state index contributed by atoms with van der Waals surface area (Å²) in [6.45, 7) is 0. The van der Waals surface area contributed by atoms with Crippen LogP contribution in [0.4, 0.5) is 21.8 Å². The third kappa shape index (κ3) is 2.81. The van der Waals surface area contributed by atoms with Crippen LogP contribution in [0.2, 0.25) is 0 Å². The predicted molar refractivity (Wildman–Crippen MR) is 76.8 cm³/mol. The molecule has 0 fully saturated rings. The van der Waals surface area contributed by atoms with Gasteiger partial charge in [0.1, 0.15) is 0 Å². The number of hydrogen-bond donors (Lipinski definition) is 2. The number of anilines is 3. The summed E-state index contributed by atoms with van der Waals surface area (Å²) < 4.78 is 18.6. The molecule has 0 aliphatic heterocycles. The van der Waals surface area contributed by atoms with Crippen molar-refractivity contribution >= 4 is 17.5 Å². The van der Waals surface area contributed by atoms with Gasteiger partial charge in [-0.2, -0.15) is 4.98 Å². The summed E-state index contributed by atoms with van der Waals surface area (Å²) in [6.07, 6.45) is 4.12. The van der Waals surface area contributed by atoms with Gasteiger partial charge < -0.3 is 15.1 Å². The van der Waals surface area contributed by atoms with E-state index in [0.29, 0.717) is 11.7 Å².